The van der Waals surface area contributed by atoms with Crippen molar-refractivity contribution in [3.8, 4) is 0 Å². The predicted molar refractivity (Wildman–Crippen MR) is 100 cm³/mol. The van der Waals surface area contributed by atoms with E-state index in [-0.39, 0.29) is 11.9 Å². The fourth-order valence-corrected chi connectivity index (χ4v) is 4.66. The van der Waals surface area contributed by atoms with Gasteiger partial charge in [-0.05, 0) is 61.8 Å². The van der Waals surface area contributed by atoms with Gasteiger partial charge in [0.2, 0.25) is 5.91 Å². The van der Waals surface area contributed by atoms with Crippen LogP contribution >= 0.6 is 11.3 Å². The molecule has 1 atom stereocenters. The fraction of sp³-hybridized carbons (Fsp3) is 0.500. The lowest BCUT2D eigenvalue weighted by Gasteiger charge is -2.24. The molecule has 2 saturated heterocycles. The van der Waals surface area contributed by atoms with E-state index >= 15 is 0 Å². The van der Waals surface area contributed by atoms with Gasteiger partial charge in [-0.1, -0.05) is 12.1 Å². The van der Waals surface area contributed by atoms with Gasteiger partial charge in [-0.2, -0.15) is 0 Å². The van der Waals surface area contributed by atoms with Gasteiger partial charge in [-0.15, -0.1) is 11.3 Å². The van der Waals surface area contributed by atoms with Crippen LogP contribution in [0.2, 0.25) is 0 Å². The largest absolute Gasteiger partial charge is 0.334 e. The van der Waals surface area contributed by atoms with Crippen molar-refractivity contribution in [1.82, 2.24) is 14.8 Å². The second-order valence-corrected chi connectivity index (χ2v) is 8.11. The maximum Gasteiger partial charge on any atom is 0.228 e. The fourth-order valence-electron chi connectivity index (χ4n) is 3.96. The third-order valence-electron chi connectivity index (χ3n) is 5.27. The maximum atomic E-state index is 12.7. The lowest BCUT2D eigenvalue weighted by molar-refractivity contribution is -0.131. The van der Waals surface area contributed by atoms with E-state index in [1.807, 2.05) is 28.6 Å². The Morgan fingerprint density at radius 3 is 2.76 bits per heavy atom. The average Bonchev–Trinajstić information content (AvgIpc) is 3.38. The molecule has 25 heavy (non-hydrogen) atoms. The highest BCUT2D eigenvalue weighted by atomic mass is 32.1. The first-order valence-corrected chi connectivity index (χ1v) is 10.2. The van der Waals surface area contributed by atoms with Gasteiger partial charge < -0.3 is 4.90 Å². The monoisotopic (exact) mass is 355 g/mol. The zero-order valence-electron chi connectivity index (χ0n) is 14.6. The number of carbonyl (C=O) groups is 1. The van der Waals surface area contributed by atoms with E-state index in [9.17, 15) is 4.79 Å². The summed E-state index contributed by atoms with van der Waals surface area (Å²) >= 11 is 1.66. The van der Waals surface area contributed by atoms with Gasteiger partial charge in [-0.25, -0.2) is 0 Å². The Labute approximate surface area is 153 Å². The van der Waals surface area contributed by atoms with Crippen molar-refractivity contribution in [3.63, 3.8) is 0 Å². The Morgan fingerprint density at radius 1 is 1.16 bits per heavy atom. The highest BCUT2D eigenvalue weighted by Gasteiger charge is 2.30. The number of likely N-dealkylation sites (tertiary alicyclic amines) is 2. The lowest BCUT2D eigenvalue weighted by atomic mass is 10.1. The molecule has 2 aliphatic heterocycles. The second-order valence-electron chi connectivity index (χ2n) is 7.08. The molecule has 0 spiro atoms. The number of hydrogen-bond acceptors (Lipinski definition) is 4. The molecule has 0 aliphatic carbocycles. The van der Waals surface area contributed by atoms with Gasteiger partial charge in [0.15, 0.2) is 0 Å². The first kappa shape index (κ1) is 16.7. The highest BCUT2D eigenvalue weighted by Crippen LogP contribution is 2.31. The van der Waals surface area contributed by atoms with Crippen molar-refractivity contribution in [2.75, 3.05) is 19.6 Å². The molecule has 0 N–H and O–H groups in total. The van der Waals surface area contributed by atoms with E-state index in [2.05, 4.69) is 17.0 Å². The molecular weight excluding hydrogens is 330 g/mol. The molecule has 0 bridgehead atoms. The Hall–Kier alpha value is -1.72. The summed E-state index contributed by atoms with van der Waals surface area (Å²) in [6.45, 7) is 4.26. The van der Waals surface area contributed by atoms with Gasteiger partial charge >= 0.3 is 0 Å². The normalized spacial score (nSPS) is 21.1. The summed E-state index contributed by atoms with van der Waals surface area (Å²) in [6.07, 6.45) is 7.24. The van der Waals surface area contributed by atoms with Crippen LogP contribution in [0.4, 0.5) is 0 Å². The highest BCUT2D eigenvalue weighted by molar-refractivity contribution is 7.10. The minimum absolute atomic E-state index is 0.147. The smallest absolute Gasteiger partial charge is 0.228 e. The summed E-state index contributed by atoms with van der Waals surface area (Å²) in [6, 6.07) is 8.52. The lowest BCUT2D eigenvalue weighted by Crippen LogP contribution is -2.32. The molecule has 1 amide bonds. The molecule has 4 rings (SSSR count). The van der Waals surface area contributed by atoms with Gasteiger partial charge in [0.05, 0.1) is 18.2 Å². The van der Waals surface area contributed by atoms with Crippen LogP contribution in [-0.2, 0) is 17.8 Å². The number of hydrogen-bond donors (Lipinski definition) is 0. The molecular formula is C20H25N3OS. The maximum absolute atomic E-state index is 12.7. The van der Waals surface area contributed by atoms with E-state index < -0.39 is 0 Å². The standard InChI is InChI=1S/C20H25N3OS/c24-20(13-17-5-4-12-25-17)23-11-3-6-19(23)18-8-7-16(14-21-18)15-22-9-1-2-10-22/h4-5,7-8,12,14,19H,1-3,6,9-11,13,15H2/t19-/m0/s1. The summed E-state index contributed by atoms with van der Waals surface area (Å²) in [4.78, 5) is 23.1. The summed E-state index contributed by atoms with van der Waals surface area (Å²) in [5.74, 6) is 0.230. The van der Waals surface area contributed by atoms with Crippen molar-refractivity contribution in [3.05, 3.63) is 52.0 Å². The molecule has 2 aromatic rings. The van der Waals surface area contributed by atoms with E-state index in [1.54, 1.807) is 11.3 Å². The molecule has 4 nitrogen and oxygen atoms in total. The van der Waals surface area contributed by atoms with Crippen LogP contribution in [0.25, 0.3) is 0 Å². The number of carbonyl (C=O) groups excluding carboxylic acids is 1. The Morgan fingerprint density at radius 2 is 2.04 bits per heavy atom. The molecule has 0 unspecified atom stereocenters. The van der Waals surface area contributed by atoms with Crippen molar-refractivity contribution < 1.29 is 4.79 Å². The van der Waals surface area contributed by atoms with Gasteiger partial charge in [0.25, 0.3) is 0 Å². The summed E-state index contributed by atoms with van der Waals surface area (Å²) < 4.78 is 0. The third kappa shape index (κ3) is 3.93. The van der Waals surface area contributed by atoms with E-state index in [0.29, 0.717) is 6.42 Å². The molecule has 0 saturated carbocycles. The zero-order chi connectivity index (χ0) is 17.1. The zero-order valence-corrected chi connectivity index (χ0v) is 15.4. The average molecular weight is 356 g/mol. The topological polar surface area (TPSA) is 36.4 Å². The molecule has 132 valence electrons. The summed E-state index contributed by atoms with van der Waals surface area (Å²) in [5.41, 5.74) is 2.32. The van der Waals surface area contributed by atoms with Crippen LogP contribution in [0.3, 0.4) is 0 Å². The first-order valence-electron chi connectivity index (χ1n) is 9.28. The number of nitrogens with zero attached hydrogens (tertiary/aromatic N) is 3. The van der Waals surface area contributed by atoms with Crippen molar-refractivity contribution >= 4 is 17.2 Å². The minimum Gasteiger partial charge on any atom is -0.334 e. The molecule has 2 fully saturated rings. The van der Waals surface area contributed by atoms with E-state index in [4.69, 9.17) is 4.98 Å². The molecule has 5 heteroatoms. The van der Waals surface area contributed by atoms with Gasteiger partial charge in [0.1, 0.15) is 0 Å². The van der Waals surface area contributed by atoms with Crippen molar-refractivity contribution in [2.45, 2.75) is 44.7 Å². The van der Waals surface area contributed by atoms with Crippen LogP contribution in [0.15, 0.2) is 35.8 Å². The van der Waals surface area contributed by atoms with E-state index in [1.165, 1.54) is 31.5 Å². The summed E-state index contributed by atoms with van der Waals surface area (Å²) in [5, 5.41) is 2.03. The predicted octanol–water partition coefficient (Wildman–Crippen LogP) is 3.65. The van der Waals surface area contributed by atoms with Crippen LogP contribution in [-0.4, -0.2) is 40.3 Å². The van der Waals surface area contributed by atoms with Crippen LogP contribution in [0, 0.1) is 0 Å². The Bertz CT molecular complexity index is 692. The second kappa shape index (κ2) is 7.67. The van der Waals surface area contributed by atoms with Crippen LogP contribution in [0.5, 0.6) is 0 Å². The minimum atomic E-state index is 0.147. The number of rotatable bonds is 5. The molecule has 2 aromatic heterocycles. The summed E-state index contributed by atoms with van der Waals surface area (Å²) in [7, 11) is 0. The molecule has 0 radical (unpaired) electrons. The van der Waals surface area contributed by atoms with Gasteiger partial charge in [-0.3, -0.25) is 14.7 Å². The van der Waals surface area contributed by atoms with Crippen LogP contribution in [0.1, 0.15) is 47.9 Å². The SMILES string of the molecule is O=C(Cc1cccs1)N1CCC[C@H]1c1ccc(CN2CCCC2)cn1. The molecule has 4 heterocycles. The molecule has 0 aromatic carbocycles. The van der Waals surface area contributed by atoms with Gasteiger partial charge in [0, 0.05) is 24.2 Å². The third-order valence-corrected chi connectivity index (χ3v) is 6.15. The molecule has 2 aliphatic rings. The Kier molecular flexibility index (Phi) is 5.13. The van der Waals surface area contributed by atoms with E-state index in [0.717, 1.165) is 36.5 Å². The van der Waals surface area contributed by atoms with Crippen LogP contribution < -0.4 is 0 Å². The first-order chi connectivity index (χ1) is 12.3. The quantitative estimate of drug-likeness (QED) is 0.821. The van der Waals surface area contributed by atoms with Crippen molar-refractivity contribution in [2.24, 2.45) is 0 Å². The number of amides is 1. The number of thiophene rings is 1. The number of pyridine rings is 1. The number of aromatic nitrogens is 1. The Balaban J connectivity index is 1.41. The van der Waals surface area contributed by atoms with Crippen molar-refractivity contribution in [1.29, 1.82) is 0 Å².